The highest BCUT2D eigenvalue weighted by Gasteiger charge is 2.38. The molecule has 4 aromatic rings. The Morgan fingerprint density at radius 1 is 1.00 bits per heavy atom. The largest absolute Gasteiger partial charge is 0.355 e. The van der Waals surface area contributed by atoms with Crippen LogP contribution in [0.1, 0.15) is 22.3 Å². The quantitative estimate of drug-likeness (QED) is 0.470. The molecule has 2 aromatic carbocycles. The van der Waals surface area contributed by atoms with Gasteiger partial charge in [0.2, 0.25) is 0 Å². The number of hydrogen-bond acceptors (Lipinski definition) is 6. The predicted molar refractivity (Wildman–Crippen MR) is 125 cm³/mol. The third kappa shape index (κ3) is 3.57. The Balaban J connectivity index is 1.24. The summed E-state index contributed by atoms with van der Waals surface area (Å²) in [7, 11) is 0. The summed E-state index contributed by atoms with van der Waals surface area (Å²) < 4.78 is 14.8. The molecule has 0 N–H and O–H groups in total. The average molecular weight is 458 g/mol. The fraction of sp³-hybridized carbons (Fsp3) is 0.320. The van der Waals surface area contributed by atoms with E-state index in [2.05, 4.69) is 20.1 Å². The van der Waals surface area contributed by atoms with Crippen molar-refractivity contribution >= 4 is 22.8 Å². The first-order valence-corrected chi connectivity index (χ1v) is 11.5. The van der Waals surface area contributed by atoms with Gasteiger partial charge in [-0.05, 0) is 48.9 Å². The monoisotopic (exact) mass is 457 g/mol. The summed E-state index contributed by atoms with van der Waals surface area (Å²) in [6.45, 7) is 4.78. The van der Waals surface area contributed by atoms with E-state index in [1.807, 2.05) is 31.3 Å². The number of para-hydroxylation sites is 1. The van der Waals surface area contributed by atoms with Crippen molar-refractivity contribution in [2.24, 2.45) is 11.8 Å². The lowest BCUT2D eigenvalue weighted by Gasteiger charge is -2.46. The molecule has 2 fully saturated rings. The topological polar surface area (TPSA) is 80.0 Å². The lowest BCUT2D eigenvalue weighted by Crippen LogP contribution is -2.54. The third-order valence-electron chi connectivity index (χ3n) is 6.79. The maximum absolute atomic E-state index is 14.8. The van der Waals surface area contributed by atoms with Crippen LogP contribution in [0.25, 0.3) is 16.7 Å². The summed E-state index contributed by atoms with van der Waals surface area (Å²) in [4.78, 5) is 28.4. The van der Waals surface area contributed by atoms with Crippen LogP contribution in [-0.4, -0.2) is 61.9 Å². The van der Waals surface area contributed by atoms with Crippen molar-refractivity contribution in [1.82, 2.24) is 29.9 Å². The van der Waals surface area contributed by atoms with Gasteiger partial charge in [-0.25, -0.2) is 9.37 Å². The standard InChI is InChI=1S/C25H24FN7O/c1-16-4-2-6-20-24(16)30-22(11-27-20)31-12-17-10-18(13-31)15-32(14-17)25(34)23-19(26)5-3-7-21(23)33-28-8-9-29-33/h2-9,11,17-18H,10,12-15H2,1H3. The normalized spacial score (nSPS) is 20.1. The van der Waals surface area contributed by atoms with Gasteiger partial charge in [0, 0.05) is 26.2 Å². The molecule has 9 heteroatoms. The lowest BCUT2D eigenvalue weighted by atomic mass is 9.84. The zero-order valence-corrected chi connectivity index (χ0v) is 18.8. The van der Waals surface area contributed by atoms with Gasteiger partial charge in [-0.2, -0.15) is 15.0 Å². The number of fused-ring (bicyclic) bond motifs is 3. The second-order valence-corrected chi connectivity index (χ2v) is 9.21. The minimum absolute atomic E-state index is 0.0198. The molecule has 0 spiro atoms. The number of halogens is 1. The van der Waals surface area contributed by atoms with E-state index in [1.54, 1.807) is 17.0 Å². The van der Waals surface area contributed by atoms with E-state index in [-0.39, 0.29) is 23.3 Å². The molecule has 2 bridgehead atoms. The van der Waals surface area contributed by atoms with Crippen molar-refractivity contribution in [3.05, 3.63) is 71.9 Å². The summed E-state index contributed by atoms with van der Waals surface area (Å²) in [6, 6.07) is 10.6. The van der Waals surface area contributed by atoms with Gasteiger partial charge in [-0.1, -0.05) is 18.2 Å². The van der Waals surface area contributed by atoms with Gasteiger partial charge in [0.15, 0.2) is 0 Å². The number of carbonyl (C=O) groups excluding carboxylic acids is 1. The number of amides is 1. The highest BCUT2D eigenvalue weighted by Crippen LogP contribution is 2.33. The predicted octanol–water partition coefficient (Wildman–Crippen LogP) is 3.26. The minimum atomic E-state index is -0.557. The second kappa shape index (κ2) is 8.16. The second-order valence-electron chi connectivity index (χ2n) is 9.21. The van der Waals surface area contributed by atoms with Crippen molar-refractivity contribution < 1.29 is 9.18 Å². The van der Waals surface area contributed by atoms with E-state index < -0.39 is 5.82 Å². The maximum Gasteiger partial charge on any atom is 0.259 e. The molecule has 2 atom stereocenters. The summed E-state index contributed by atoms with van der Waals surface area (Å²) in [6.07, 6.45) is 5.91. The molecular formula is C25H24FN7O. The van der Waals surface area contributed by atoms with Crippen LogP contribution < -0.4 is 4.90 Å². The van der Waals surface area contributed by atoms with Gasteiger partial charge < -0.3 is 9.80 Å². The van der Waals surface area contributed by atoms with Crippen LogP contribution in [0.3, 0.4) is 0 Å². The molecule has 0 radical (unpaired) electrons. The molecule has 6 rings (SSSR count). The van der Waals surface area contributed by atoms with E-state index >= 15 is 0 Å². The Morgan fingerprint density at radius 2 is 1.74 bits per heavy atom. The Bertz CT molecular complexity index is 1360. The van der Waals surface area contributed by atoms with Crippen molar-refractivity contribution in [1.29, 1.82) is 0 Å². The molecule has 8 nitrogen and oxygen atoms in total. The Hall–Kier alpha value is -3.88. The van der Waals surface area contributed by atoms with E-state index in [9.17, 15) is 9.18 Å². The summed E-state index contributed by atoms with van der Waals surface area (Å²) in [5.74, 6) is 0.568. The first kappa shape index (κ1) is 20.7. The molecule has 2 aliphatic rings. The number of likely N-dealkylation sites (tertiary alicyclic amines) is 1. The maximum atomic E-state index is 14.8. The van der Waals surface area contributed by atoms with Crippen molar-refractivity contribution in [3.63, 3.8) is 0 Å². The number of rotatable bonds is 3. The first-order chi connectivity index (χ1) is 16.6. The Morgan fingerprint density at radius 3 is 2.50 bits per heavy atom. The molecule has 2 saturated heterocycles. The molecular weight excluding hydrogens is 433 g/mol. The molecule has 2 aromatic heterocycles. The van der Waals surface area contributed by atoms with Gasteiger partial charge in [-0.3, -0.25) is 9.78 Å². The number of aromatic nitrogens is 5. The number of hydrogen-bond donors (Lipinski definition) is 0. The van der Waals surface area contributed by atoms with Crippen LogP contribution in [-0.2, 0) is 0 Å². The number of piperidine rings is 2. The van der Waals surface area contributed by atoms with E-state index in [0.717, 1.165) is 41.9 Å². The van der Waals surface area contributed by atoms with Gasteiger partial charge in [0.05, 0.1) is 29.6 Å². The van der Waals surface area contributed by atoms with Crippen LogP contribution in [0.5, 0.6) is 0 Å². The zero-order valence-electron chi connectivity index (χ0n) is 18.8. The summed E-state index contributed by atoms with van der Waals surface area (Å²) in [5, 5.41) is 8.19. The minimum Gasteiger partial charge on any atom is -0.355 e. The lowest BCUT2D eigenvalue weighted by molar-refractivity contribution is 0.0559. The molecule has 4 heterocycles. The van der Waals surface area contributed by atoms with Crippen LogP contribution in [0.4, 0.5) is 10.2 Å². The molecule has 2 unspecified atom stereocenters. The van der Waals surface area contributed by atoms with E-state index in [4.69, 9.17) is 4.98 Å². The van der Waals surface area contributed by atoms with Crippen molar-refractivity contribution in [3.8, 4) is 5.69 Å². The van der Waals surface area contributed by atoms with Gasteiger partial charge in [0.25, 0.3) is 5.91 Å². The fourth-order valence-corrected chi connectivity index (χ4v) is 5.34. The first-order valence-electron chi connectivity index (χ1n) is 11.5. The van der Waals surface area contributed by atoms with Gasteiger partial charge >= 0.3 is 0 Å². The van der Waals surface area contributed by atoms with Crippen LogP contribution in [0.2, 0.25) is 0 Å². The van der Waals surface area contributed by atoms with Crippen LogP contribution >= 0.6 is 0 Å². The third-order valence-corrected chi connectivity index (χ3v) is 6.79. The van der Waals surface area contributed by atoms with E-state index in [1.165, 1.54) is 23.3 Å². The molecule has 172 valence electrons. The zero-order chi connectivity index (χ0) is 23.2. The molecule has 0 aliphatic carbocycles. The van der Waals surface area contributed by atoms with Gasteiger partial charge in [-0.15, -0.1) is 0 Å². The molecule has 2 aliphatic heterocycles. The highest BCUT2D eigenvalue weighted by molar-refractivity contribution is 5.98. The Labute approximate surface area is 196 Å². The highest BCUT2D eigenvalue weighted by atomic mass is 19.1. The summed E-state index contributed by atoms with van der Waals surface area (Å²) in [5.41, 5.74) is 3.30. The number of benzene rings is 2. The number of carbonyl (C=O) groups is 1. The van der Waals surface area contributed by atoms with Crippen molar-refractivity contribution in [2.75, 3.05) is 31.1 Å². The van der Waals surface area contributed by atoms with Crippen LogP contribution in [0.15, 0.2) is 55.0 Å². The number of anilines is 1. The van der Waals surface area contributed by atoms with Gasteiger partial charge in [0.1, 0.15) is 22.9 Å². The SMILES string of the molecule is Cc1cccc2ncc(N3CC4CC(CN(C(=O)c5c(F)cccc5-n5nccn5)C4)C3)nc12. The van der Waals surface area contributed by atoms with E-state index in [0.29, 0.717) is 18.8 Å². The molecule has 1 amide bonds. The van der Waals surface area contributed by atoms with Crippen LogP contribution in [0, 0.1) is 24.6 Å². The number of aryl methyl sites for hydroxylation is 1. The average Bonchev–Trinajstić information content (AvgIpc) is 3.38. The smallest absolute Gasteiger partial charge is 0.259 e. The molecule has 34 heavy (non-hydrogen) atoms. The van der Waals surface area contributed by atoms with Crippen molar-refractivity contribution in [2.45, 2.75) is 13.3 Å². The molecule has 0 saturated carbocycles. The fourth-order valence-electron chi connectivity index (χ4n) is 5.34. The number of nitrogens with zero attached hydrogens (tertiary/aromatic N) is 7. The summed E-state index contributed by atoms with van der Waals surface area (Å²) >= 11 is 0. The Kier molecular flexibility index (Phi) is 4.97.